The molecule has 1 heterocycles. The zero-order valence-corrected chi connectivity index (χ0v) is 13.2. The maximum atomic E-state index is 12.3. The number of unbranched alkanes of at least 4 members (excludes halogenated alkanes) is 1. The molecule has 0 aromatic heterocycles. The van der Waals surface area contributed by atoms with Crippen LogP contribution >= 0.6 is 11.8 Å². The Hall–Kier alpha value is -2.15. The van der Waals surface area contributed by atoms with Gasteiger partial charge in [0.15, 0.2) is 0 Å². The van der Waals surface area contributed by atoms with Crippen molar-refractivity contribution in [1.82, 2.24) is 4.90 Å². The molecule has 0 N–H and O–H groups in total. The van der Waals surface area contributed by atoms with Crippen LogP contribution in [0.25, 0.3) is 5.57 Å². The lowest BCUT2D eigenvalue weighted by molar-refractivity contribution is -0.384. The van der Waals surface area contributed by atoms with Crippen molar-refractivity contribution in [1.29, 1.82) is 0 Å². The molecule has 1 aromatic rings. The molecule has 0 bridgehead atoms. The van der Waals surface area contributed by atoms with E-state index in [0.29, 0.717) is 22.6 Å². The molecule has 116 valence electrons. The lowest BCUT2D eigenvalue weighted by Gasteiger charge is -2.11. The molecule has 0 unspecified atom stereocenters. The van der Waals surface area contributed by atoms with E-state index in [1.165, 1.54) is 17.0 Å². The van der Waals surface area contributed by atoms with E-state index in [1.54, 1.807) is 19.1 Å². The Balaban J connectivity index is 2.28. The first kappa shape index (κ1) is 16.2. The number of benzene rings is 1. The summed E-state index contributed by atoms with van der Waals surface area (Å²) in [7, 11) is 0. The number of nitrogens with zero attached hydrogens (tertiary/aromatic N) is 2. The summed E-state index contributed by atoms with van der Waals surface area (Å²) in [5, 5.41) is 10.4. The van der Waals surface area contributed by atoms with Crippen molar-refractivity contribution in [3.8, 4) is 0 Å². The van der Waals surface area contributed by atoms with Crippen LogP contribution in [0, 0.1) is 10.1 Å². The van der Waals surface area contributed by atoms with Gasteiger partial charge in [0, 0.05) is 18.7 Å². The van der Waals surface area contributed by atoms with Crippen LogP contribution in [0.2, 0.25) is 0 Å². The van der Waals surface area contributed by atoms with Crippen molar-refractivity contribution in [2.75, 3.05) is 6.54 Å². The number of allylic oxidation sites excluding steroid dienone is 1. The second-order valence-corrected chi connectivity index (χ2v) is 5.90. The van der Waals surface area contributed by atoms with E-state index in [-0.39, 0.29) is 16.8 Å². The average Bonchev–Trinajstić information content (AvgIpc) is 2.79. The smallest absolute Gasteiger partial charge is 0.268 e. The fraction of sp³-hybridized carbons (Fsp3) is 0.333. The van der Waals surface area contributed by atoms with Crippen LogP contribution in [0.1, 0.15) is 32.3 Å². The van der Waals surface area contributed by atoms with Gasteiger partial charge in [0.25, 0.3) is 16.8 Å². The molecular weight excluding hydrogens is 304 g/mol. The SMILES string of the molecule is CCCCN1C(=O)S/C(=C(/C)c2ccc([N+](=O)[O-])cc2)C1=O. The number of carbonyl (C=O) groups is 2. The first-order valence-electron chi connectivity index (χ1n) is 6.95. The van der Waals surface area contributed by atoms with E-state index in [9.17, 15) is 19.7 Å². The summed E-state index contributed by atoms with van der Waals surface area (Å²) in [6.07, 6.45) is 1.68. The number of amides is 2. The molecule has 0 atom stereocenters. The Morgan fingerprint density at radius 1 is 1.27 bits per heavy atom. The van der Waals surface area contributed by atoms with Gasteiger partial charge < -0.3 is 0 Å². The topological polar surface area (TPSA) is 80.5 Å². The molecular formula is C15H16N2O4S. The lowest BCUT2D eigenvalue weighted by Crippen LogP contribution is -2.29. The zero-order chi connectivity index (χ0) is 16.3. The van der Waals surface area contributed by atoms with Crippen molar-refractivity contribution in [3.05, 3.63) is 44.8 Å². The van der Waals surface area contributed by atoms with Gasteiger partial charge in [-0.3, -0.25) is 24.6 Å². The molecule has 0 radical (unpaired) electrons. The van der Waals surface area contributed by atoms with Crippen LogP contribution in [0.4, 0.5) is 10.5 Å². The summed E-state index contributed by atoms with van der Waals surface area (Å²) in [6.45, 7) is 4.17. The monoisotopic (exact) mass is 320 g/mol. The summed E-state index contributed by atoms with van der Waals surface area (Å²) in [6, 6.07) is 5.96. The quantitative estimate of drug-likeness (QED) is 0.468. The number of hydrogen-bond acceptors (Lipinski definition) is 5. The van der Waals surface area contributed by atoms with Crippen LogP contribution < -0.4 is 0 Å². The van der Waals surface area contributed by atoms with Gasteiger partial charge in [0.05, 0.1) is 9.83 Å². The average molecular weight is 320 g/mol. The van der Waals surface area contributed by atoms with E-state index >= 15 is 0 Å². The van der Waals surface area contributed by atoms with Crippen molar-refractivity contribution in [2.24, 2.45) is 0 Å². The van der Waals surface area contributed by atoms with Crippen molar-refractivity contribution >= 4 is 34.2 Å². The predicted molar refractivity (Wildman–Crippen MR) is 85.3 cm³/mol. The van der Waals surface area contributed by atoms with Gasteiger partial charge in [-0.25, -0.2) is 0 Å². The second kappa shape index (κ2) is 6.74. The number of carbonyl (C=O) groups excluding carboxylic acids is 2. The Morgan fingerprint density at radius 3 is 2.45 bits per heavy atom. The molecule has 22 heavy (non-hydrogen) atoms. The molecule has 1 fully saturated rings. The highest BCUT2D eigenvalue weighted by Crippen LogP contribution is 2.36. The fourth-order valence-electron chi connectivity index (χ4n) is 2.10. The van der Waals surface area contributed by atoms with E-state index < -0.39 is 4.92 Å². The summed E-state index contributed by atoms with van der Waals surface area (Å²) < 4.78 is 0. The summed E-state index contributed by atoms with van der Waals surface area (Å²) in [5.41, 5.74) is 1.36. The summed E-state index contributed by atoms with van der Waals surface area (Å²) >= 11 is 0.929. The Bertz CT molecular complexity index is 652. The number of non-ortho nitro benzene ring substituents is 1. The zero-order valence-electron chi connectivity index (χ0n) is 12.4. The van der Waals surface area contributed by atoms with E-state index in [1.807, 2.05) is 6.92 Å². The van der Waals surface area contributed by atoms with Crippen molar-refractivity contribution in [3.63, 3.8) is 0 Å². The molecule has 1 aliphatic heterocycles. The molecule has 0 saturated carbocycles. The van der Waals surface area contributed by atoms with Crippen LogP contribution in [0.3, 0.4) is 0 Å². The lowest BCUT2D eigenvalue weighted by atomic mass is 10.1. The maximum Gasteiger partial charge on any atom is 0.293 e. The van der Waals surface area contributed by atoms with Crippen LogP contribution in [-0.4, -0.2) is 27.5 Å². The normalized spacial score (nSPS) is 17.1. The number of rotatable bonds is 5. The predicted octanol–water partition coefficient (Wildman–Crippen LogP) is 3.82. The fourth-order valence-corrected chi connectivity index (χ4v) is 3.03. The van der Waals surface area contributed by atoms with Gasteiger partial charge in [-0.2, -0.15) is 0 Å². The van der Waals surface area contributed by atoms with Crippen molar-refractivity contribution < 1.29 is 14.5 Å². The standard InChI is InChI=1S/C15H16N2O4S/c1-3-4-9-16-14(18)13(22-15(16)19)10(2)11-5-7-12(8-6-11)17(20)21/h5-8H,3-4,9H2,1-2H3/b13-10-. The Morgan fingerprint density at radius 2 is 1.91 bits per heavy atom. The highest BCUT2D eigenvalue weighted by atomic mass is 32.2. The second-order valence-electron chi connectivity index (χ2n) is 4.94. The van der Waals surface area contributed by atoms with Crippen LogP contribution in [-0.2, 0) is 4.79 Å². The molecule has 1 saturated heterocycles. The minimum Gasteiger partial charge on any atom is -0.268 e. The van der Waals surface area contributed by atoms with Gasteiger partial charge in [-0.15, -0.1) is 0 Å². The van der Waals surface area contributed by atoms with Gasteiger partial charge >= 0.3 is 0 Å². The summed E-state index contributed by atoms with van der Waals surface area (Å²) in [4.78, 5) is 36.1. The molecule has 0 aliphatic carbocycles. The Labute approximate surface area is 132 Å². The molecule has 1 aromatic carbocycles. The highest BCUT2D eigenvalue weighted by molar-refractivity contribution is 8.18. The number of imide groups is 1. The minimum atomic E-state index is -0.474. The van der Waals surface area contributed by atoms with Crippen molar-refractivity contribution in [2.45, 2.75) is 26.7 Å². The first-order chi connectivity index (χ1) is 10.5. The van der Waals surface area contributed by atoms with Gasteiger partial charge in [-0.05, 0) is 48.4 Å². The third kappa shape index (κ3) is 3.19. The first-order valence-corrected chi connectivity index (χ1v) is 7.76. The van der Waals surface area contributed by atoms with Gasteiger partial charge in [0.2, 0.25) is 0 Å². The minimum absolute atomic E-state index is 0.00685. The van der Waals surface area contributed by atoms with Gasteiger partial charge in [0.1, 0.15) is 0 Å². The molecule has 6 nitrogen and oxygen atoms in total. The number of nitro groups is 1. The van der Waals surface area contributed by atoms with Gasteiger partial charge in [-0.1, -0.05) is 13.3 Å². The number of thioether (sulfide) groups is 1. The number of nitro benzene ring substituents is 1. The maximum absolute atomic E-state index is 12.3. The highest BCUT2D eigenvalue weighted by Gasteiger charge is 2.35. The number of hydrogen-bond donors (Lipinski definition) is 0. The third-order valence-corrected chi connectivity index (χ3v) is 4.52. The molecule has 0 spiro atoms. The Kier molecular flexibility index (Phi) is 4.97. The molecule has 1 aliphatic rings. The third-order valence-electron chi connectivity index (χ3n) is 3.44. The van der Waals surface area contributed by atoms with E-state index in [0.717, 1.165) is 24.6 Å². The molecule has 2 rings (SSSR count). The van der Waals surface area contributed by atoms with E-state index in [4.69, 9.17) is 0 Å². The summed E-state index contributed by atoms with van der Waals surface area (Å²) in [5.74, 6) is -0.278. The largest absolute Gasteiger partial charge is 0.293 e. The van der Waals surface area contributed by atoms with Crippen LogP contribution in [0.15, 0.2) is 29.2 Å². The van der Waals surface area contributed by atoms with Crippen LogP contribution in [0.5, 0.6) is 0 Å². The molecule has 2 amide bonds. The molecule has 7 heteroatoms. The van der Waals surface area contributed by atoms with E-state index in [2.05, 4.69) is 0 Å².